The summed E-state index contributed by atoms with van der Waals surface area (Å²) in [5.41, 5.74) is 3.20. The van der Waals surface area contributed by atoms with E-state index in [1.54, 1.807) is 6.07 Å². The molecule has 2 aromatic carbocycles. The van der Waals surface area contributed by atoms with Gasteiger partial charge in [0.05, 0.1) is 13.7 Å². The van der Waals surface area contributed by atoms with Gasteiger partial charge in [0.15, 0.2) is 17.5 Å². The lowest BCUT2D eigenvalue weighted by Gasteiger charge is -2.12. The second-order valence-electron chi connectivity index (χ2n) is 5.51. The molecule has 0 saturated heterocycles. The van der Waals surface area contributed by atoms with E-state index in [2.05, 4.69) is 40.7 Å². The molecule has 0 amide bonds. The summed E-state index contributed by atoms with van der Waals surface area (Å²) >= 11 is 0. The maximum atomic E-state index is 13.7. The highest BCUT2D eigenvalue weighted by Gasteiger charge is 2.04. The third-order valence-electron chi connectivity index (χ3n) is 3.52. The molecule has 24 heavy (non-hydrogen) atoms. The van der Waals surface area contributed by atoms with E-state index >= 15 is 0 Å². The van der Waals surface area contributed by atoms with Gasteiger partial charge in [0.2, 0.25) is 0 Å². The number of benzene rings is 2. The molecule has 2 aromatic rings. The van der Waals surface area contributed by atoms with Crippen molar-refractivity contribution < 1.29 is 9.13 Å². The summed E-state index contributed by atoms with van der Waals surface area (Å²) in [6.45, 7) is 5.91. The topological polar surface area (TPSA) is 45.7 Å². The predicted molar refractivity (Wildman–Crippen MR) is 95.8 cm³/mol. The molecule has 0 unspecified atom stereocenters. The fourth-order valence-electron chi connectivity index (χ4n) is 2.33. The molecule has 5 heteroatoms. The molecule has 0 bridgehead atoms. The number of hydrogen-bond acceptors (Lipinski definition) is 2. The maximum Gasteiger partial charge on any atom is 0.191 e. The van der Waals surface area contributed by atoms with Crippen LogP contribution in [0.3, 0.4) is 0 Å². The Morgan fingerprint density at radius 2 is 1.96 bits per heavy atom. The van der Waals surface area contributed by atoms with E-state index in [0.29, 0.717) is 19.0 Å². The molecule has 4 nitrogen and oxygen atoms in total. The third-order valence-corrected chi connectivity index (χ3v) is 3.52. The van der Waals surface area contributed by atoms with Gasteiger partial charge < -0.3 is 15.4 Å². The summed E-state index contributed by atoms with van der Waals surface area (Å²) < 4.78 is 18.7. The Bertz CT molecular complexity index is 701. The first-order valence-corrected chi connectivity index (χ1v) is 8.02. The molecule has 2 rings (SSSR count). The van der Waals surface area contributed by atoms with Crippen LogP contribution in [0.1, 0.15) is 23.6 Å². The average Bonchev–Trinajstić information content (AvgIpc) is 2.57. The zero-order chi connectivity index (χ0) is 17.4. The zero-order valence-corrected chi connectivity index (χ0v) is 14.4. The van der Waals surface area contributed by atoms with Gasteiger partial charge >= 0.3 is 0 Å². The number of nitrogens with one attached hydrogen (secondary N) is 2. The molecule has 0 aliphatic carbocycles. The molecule has 128 valence electrons. The largest absolute Gasteiger partial charge is 0.494 e. The number of ether oxygens (including phenoxy) is 1. The standard InChI is InChI=1S/C19H24FN3O/c1-4-21-19(22-12-15-7-5-6-14(2)10-15)23-13-16-8-9-18(24-3)17(20)11-16/h5-11H,4,12-13H2,1-3H3,(H2,21,22,23). The van der Waals surface area contributed by atoms with E-state index in [9.17, 15) is 4.39 Å². The van der Waals surface area contributed by atoms with Crippen LogP contribution in [0.25, 0.3) is 0 Å². The van der Waals surface area contributed by atoms with E-state index in [1.165, 1.54) is 18.7 Å². The van der Waals surface area contributed by atoms with Crippen LogP contribution in [0, 0.1) is 12.7 Å². The highest BCUT2D eigenvalue weighted by Crippen LogP contribution is 2.17. The first kappa shape index (κ1) is 17.8. The predicted octanol–water partition coefficient (Wildman–Crippen LogP) is 3.40. The quantitative estimate of drug-likeness (QED) is 0.631. The number of nitrogens with zero attached hydrogens (tertiary/aromatic N) is 1. The third kappa shape index (κ3) is 5.26. The van der Waals surface area contributed by atoms with Gasteiger partial charge in [-0.05, 0) is 37.1 Å². The fourth-order valence-corrected chi connectivity index (χ4v) is 2.33. The van der Waals surface area contributed by atoms with Crippen molar-refractivity contribution in [3.8, 4) is 5.75 Å². The van der Waals surface area contributed by atoms with Gasteiger partial charge in [-0.3, -0.25) is 0 Å². The van der Waals surface area contributed by atoms with Gasteiger partial charge in [0.1, 0.15) is 0 Å². The van der Waals surface area contributed by atoms with E-state index < -0.39 is 0 Å². The summed E-state index contributed by atoms with van der Waals surface area (Å²) in [5, 5.41) is 6.41. The van der Waals surface area contributed by atoms with Crippen LogP contribution in [-0.4, -0.2) is 19.6 Å². The molecular weight excluding hydrogens is 305 g/mol. The molecule has 0 atom stereocenters. The summed E-state index contributed by atoms with van der Waals surface area (Å²) in [6, 6.07) is 13.2. The minimum absolute atomic E-state index is 0.249. The van der Waals surface area contributed by atoms with Crippen LogP contribution in [0.15, 0.2) is 47.5 Å². The molecule has 0 aromatic heterocycles. The Morgan fingerprint density at radius 1 is 1.12 bits per heavy atom. The molecular formula is C19H24FN3O. The minimum atomic E-state index is -0.362. The van der Waals surface area contributed by atoms with Crippen molar-refractivity contribution in [2.75, 3.05) is 13.7 Å². The van der Waals surface area contributed by atoms with Crippen molar-refractivity contribution in [2.24, 2.45) is 4.99 Å². The summed E-state index contributed by atoms with van der Waals surface area (Å²) in [5.74, 6) is 0.590. The molecule has 0 fully saturated rings. The number of guanidine groups is 1. The van der Waals surface area contributed by atoms with Crippen LogP contribution in [0.5, 0.6) is 5.75 Å². The highest BCUT2D eigenvalue weighted by molar-refractivity contribution is 5.79. The number of aliphatic imine (C=N–C) groups is 1. The second kappa shape index (κ2) is 8.91. The Labute approximate surface area is 142 Å². The second-order valence-corrected chi connectivity index (χ2v) is 5.51. The van der Waals surface area contributed by atoms with Crippen LogP contribution in [0.4, 0.5) is 4.39 Å². The van der Waals surface area contributed by atoms with E-state index in [1.807, 2.05) is 19.1 Å². The number of hydrogen-bond donors (Lipinski definition) is 2. The summed E-state index contributed by atoms with van der Waals surface area (Å²) in [6.07, 6.45) is 0. The minimum Gasteiger partial charge on any atom is -0.494 e. The van der Waals surface area contributed by atoms with Crippen LogP contribution >= 0.6 is 0 Å². The Kier molecular flexibility index (Phi) is 6.61. The summed E-state index contributed by atoms with van der Waals surface area (Å²) in [7, 11) is 1.46. The Balaban J connectivity index is 2.00. The molecule has 0 aliphatic rings. The molecule has 0 aliphatic heterocycles. The smallest absolute Gasteiger partial charge is 0.191 e. The lowest BCUT2D eigenvalue weighted by Crippen LogP contribution is -2.36. The lowest BCUT2D eigenvalue weighted by molar-refractivity contribution is 0.386. The van der Waals surface area contributed by atoms with E-state index in [-0.39, 0.29) is 11.6 Å². The van der Waals surface area contributed by atoms with Gasteiger partial charge in [-0.25, -0.2) is 9.38 Å². The van der Waals surface area contributed by atoms with Crippen molar-refractivity contribution in [1.29, 1.82) is 0 Å². The molecule has 0 saturated carbocycles. The molecule has 2 N–H and O–H groups in total. The Hall–Kier alpha value is -2.56. The van der Waals surface area contributed by atoms with Crippen LogP contribution < -0.4 is 15.4 Å². The number of aryl methyl sites for hydroxylation is 1. The Morgan fingerprint density at radius 3 is 2.62 bits per heavy atom. The molecule has 0 spiro atoms. The van der Waals surface area contributed by atoms with Crippen LogP contribution in [0.2, 0.25) is 0 Å². The van der Waals surface area contributed by atoms with Crippen molar-refractivity contribution in [2.45, 2.75) is 26.9 Å². The van der Waals surface area contributed by atoms with Gasteiger partial charge in [0, 0.05) is 13.1 Å². The normalized spacial score (nSPS) is 11.2. The average molecular weight is 329 g/mol. The van der Waals surface area contributed by atoms with Gasteiger partial charge in [-0.2, -0.15) is 0 Å². The highest BCUT2D eigenvalue weighted by atomic mass is 19.1. The first-order chi connectivity index (χ1) is 11.6. The number of halogens is 1. The van der Waals surface area contributed by atoms with Crippen molar-refractivity contribution in [1.82, 2.24) is 10.6 Å². The first-order valence-electron chi connectivity index (χ1n) is 8.02. The molecule has 0 heterocycles. The van der Waals surface area contributed by atoms with E-state index in [0.717, 1.165) is 17.7 Å². The van der Waals surface area contributed by atoms with Gasteiger partial charge in [0.25, 0.3) is 0 Å². The van der Waals surface area contributed by atoms with Crippen LogP contribution in [-0.2, 0) is 13.1 Å². The monoisotopic (exact) mass is 329 g/mol. The maximum absolute atomic E-state index is 13.7. The SMILES string of the molecule is CCNC(=NCc1cccc(C)c1)NCc1ccc(OC)c(F)c1. The van der Waals surface area contributed by atoms with Gasteiger partial charge in [-0.1, -0.05) is 35.9 Å². The molecule has 0 radical (unpaired) electrons. The van der Waals surface area contributed by atoms with Crippen molar-refractivity contribution in [3.05, 3.63) is 65.0 Å². The lowest BCUT2D eigenvalue weighted by atomic mass is 10.1. The van der Waals surface area contributed by atoms with Crippen molar-refractivity contribution >= 4 is 5.96 Å². The zero-order valence-electron chi connectivity index (χ0n) is 14.4. The van der Waals surface area contributed by atoms with Gasteiger partial charge in [-0.15, -0.1) is 0 Å². The number of rotatable bonds is 6. The number of methoxy groups -OCH3 is 1. The summed E-state index contributed by atoms with van der Waals surface area (Å²) in [4.78, 5) is 4.57. The van der Waals surface area contributed by atoms with E-state index in [4.69, 9.17) is 4.74 Å². The fraction of sp³-hybridized carbons (Fsp3) is 0.316. The van der Waals surface area contributed by atoms with Crippen molar-refractivity contribution in [3.63, 3.8) is 0 Å².